The molecule has 29 heteroatoms. The van der Waals surface area contributed by atoms with E-state index in [9.17, 15) is 67.1 Å². The number of carbonyl (C=O) groups excluding carboxylic acids is 14. The standard InChI is InChI=1S/C62H70O29/c1-29(63)77-15-43-45(17-79-31(3)65)49(21-83-35(7)69)59-55(27-89-41(13)75)61(53(25-87-39(11)73)51(23-85-37(9)71)57(59)47(43)19-81-33(5)67)91-62-54(26-88-40(12)74)52(24-86-38(10)72)58-48(20-82-34(6)68)44(16-78-30(2)64)46(18-80-32(4)66)50(22-84-36(8)70)60(58)56(62)28-90-42(14)76/h15-28H2,1-14H3. The van der Waals surface area contributed by atoms with Crippen LogP contribution in [0.5, 0.6) is 11.5 Å². The minimum atomic E-state index is -0.960. The first-order valence-corrected chi connectivity index (χ1v) is 27.6. The summed E-state index contributed by atoms with van der Waals surface area (Å²) in [7, 11) is 0. The van der Waals surface area contributed by atoms with Crippen molar-refractivity contribution >= 4 is 105 Å². The minimum Gasteiger partial charge on any atom is -0.461 e. The molecular formula is C62H70O29. The highest BCUT2D eigenvalue weighted by Crippen LogP contribution is 2.50. The Morgan fingerprint density at radius 1 is 0.165 bits per heavy atom. The van der Waals surface area contributed by atoms with Crippen molar-refractivity contribution in [2.24, 2.45) is 0 Å². The van der Waals surface area contributed by atoms with Crippen molar-refractivity contribution in [3.05, 3.63) is 77.9 Å². The molecule has 0 N–H and O–H groups in total. The van der Waals surface area contributed by atoms with Gasteiger partial charge in [0.05, 0.1) is 0 Å². The zero-order valence-electron chi connectivity index (χ0n) is 52.7. The molecular weight excluding hydrogens is 1210 g/mol. The van der Waals surface area contributed by atoms with Gasteiger partial charge in [-0.1, -0.05) is 0 Å². The Hall–Kier alpha value is -10.2. The van der Waals surface area contributed by atoms with Crippen molar-refractivity contribution in [2.45, 2.75) is 189 Å². The van der Waals surface area contributed by atoms with Crippen LogP contribution in [0, 0.1) is 0 Å². The molecule has 0 aromatic heterocycles. The van der Waals surface area contributed by atoms with Crippen LogP contribution in [0.1, 0.15) is 175 Å². The molecule has 29 nitrogen and oxygen atoms in total. The number of rotatable bonds is 30. The second-order valence-electron chi connectivity index (χ2n) is 19.9. The van der Waals surface area contributed by atoms with Gasteiger partial charge in [0.1, 0.15) is 104 Å². The summed E-state index contributed by atoms with van der Waals surface area (Å²) in [4.78, 5) is 182. The molecule has 492 valence electrons. The molecule has 0 heterocycles. The van der Waals surface area contributed by atoms with Gasteiger partial charge in [-0.3, -0.25) is 67.1 Å². The fourth-order valence-electron chi connectivity index (χ4n) is 9.45. The number of benzene rings is 4. The summed E-state index contributed by atoms with van der Waals surface area (Å²) in [5.41, 5.74) is -2.20. The van der Waals surface area contributed by atoms with Crippen LogP contribution in [-0.2, 0) is 226 Å². The molecule has 0 spiro atoms. The van der Waals surface area contributed by atoms with E-state index in [1.54, 1.807) is 0 Å². The van der Waals surface area contributed by atoms with Crippen molar-refractivity contribution in [2.75, 3.05) is 0 Å². The van der Waals surface area contributed by atoms with Gasteiger partial charge in [-0.05, 0) is 21.5 Å². The molecule has 4 aromatic carbocycles. The van der Waals surface area contributed by atoms with Gasteiger partial charge in [0, 0.05) is 175 Å². The molecule has 0 fully saturated rings. The Labute approximate surface area is 520 Å². The summed E-state index contributed by atoms with van der Waals surface area (Å²) in [6.45, 7) is 3.49. The highest BCUT2D eigenvalue weighted by atomic mass is 16.6. The van der Waals surface area contributed by atoms with Crippen LogP contribution < -0.4 is 4.74 Å². The second kappa shape index (κ2) is 33.9. The Bertz CT molecular complexity index is 3360. The van der Waals surface area contributed by atoms with Crippen LogP contribution in [0.25, 0.3) is 21.5 Å². The third kappa shape index (κ3) is 21.0. The Balaban J connectivity index is 2.82. The molecule has 0 amide bonds. The maximum absolute atomic E-state index is 13.3. The van der Waals surface area contributed by atoms with Gasteiger partial charge in [0.15, 0.2) is 0 Å². The van der Waals surface area contributed by atoms with E-state index in [-0.39, 0.29) is 99.4 Å². The maximum atomic E-state index is 13.3. The van der Waals surface area contributed by atoms with Gasteiger partial charge in [-0.15, -0.1) is 0 Å². The summed E-state index contributed by atoms with van der Waals surface area (Å²) in [6.07, 6.45) is 0. The van der Waals surface area contributed by atoms with E-state index in [1.807, 2.05) is 0 Å². The number of carbonyl (C=O) groups is 14. The SMILES string of the molecule is CC(=O)OCc1c(COC(C)=O)c(COC(C)=O)c2c(COC(C)=O)c(Oc3c(COC(C)=O)c(COC(C)=O)c4c(COC(C)=O)c(COC(C)=O)c(COC(C)=O)c(COC(C)=O)c4c3COC(C)=O)c(COC(C)=O)c(COC(C)=O)c2c1COC(C)=O. The average Bonchev–Trinajstić information content (AvgIpc) is 0.740. The first kappa shape index (κ1) is 73.3. The normalized spacial score (nSPS) is 10.7. The summed E-state index contributed by atoms with van der Waals surface area (Å²) in [5, 5.41) is -0.578. The monoisotopic (exact) mass is 1280 g/mol. The van der Waals surface area contributed by atoms with Crippen LogP contribution in [0.3, 0.4) is 0 Å². The molecule has 0 unspecified atom stereocenters. The van der Waals surface area contributed by atoms with Gasteiger partial charge in [-0.25, -0.2) is 0 Å². The predicted octanol–water partition coefficient (Wildman–Crippen LogP) is 6.67. The lowest BCUT2D eigenvalue weighted by molar-refractivity contribution is -0.144. The number of hydrogen-bond donors (Lipinski definition) is 0. The smallest absolute Gasteiger partial charge is 0.302 e. The fraction of sp³-hybridized carbons (Fsp3) is 0.452. The van der Waals surface area contributed by atoms with Crippen LogP contribution in [0.15, 0.2) is 0 Å². The predicted molar refractivity (Wildman–Crippen MR) is 305 cm³/mol. The largest absolute Gasteiger partial charge is 0.461 e. The van der Waals surface area contributed by atoms with Crippen LogP contribution in [-0.4, -0.2) is 83.6 Å². The van der Waals surface area contributed by atoms with E-state index in [4.69, 9.17) is 71.1 Å². The van der Waals surface area contributed by atoms with Gasteiger partial charge < -0.3 is 71.1 Å². The first-order chi connectivity index (χ1) is 42.7. The summed E-state index contributed by atoms with van der Waals surface area (Å²) in [6, 6.07) is 0. The number of ether oxygens (including phenoxy) is 15. The lowest BCUT2D eigenvalue weighted by Gasteiger charge is -2.31. The summed E-state index contributed by atoms with van der Waals surface area (Å²) < 4.78 is 86.9. The van der Waals surface area contributed by atoms with Crippen molar-refractivity contribution in [1.82, 2.24) is 0 Å². The number of hydrogen-bond acceptors (Lipinski definition) is 29. The third-order valence-electron chi connectivity index (χ3n) is 13.0. The van der Waals surface area contributed by atoms with Crippen LogP contribution in [0.4, 0.5) is 0 Å². The molecule has 0 aliphatic rings. The van der Waals surface area contributed by atoms with E-state index >= 15 is 0 Å². The van der Waals surface area contributed by atoms with Crippen LogP contribution >= 0.6 is 0 Å². The van der Waals surface area contributed by atoms with Crippen molar-refractivity contribution in [3.63, 3.8) is 0 Å². The third-order valence-corrected chi connectivity index (χ3v) is 13.0. The van der Waals surface area contributed by atoms with E-state index in [2.05, 4.69) is 0 Å². The molecule has 0 atom stereocenters. The van der Waals surface area contributed by atoms with E-state index in [1.165, 1.54) is 0 Å². The van der Waals surface area contributed by atoms with Crippen LogP contribution in [0.2, 0.25) is 0 Å². The molecule has 0 aliphatic carbocycles. The highest BCUT2D eigenvalue weighted by molar-refractivity contribution is 6.02. The Kier molecular flexibility index (Phi) is 27.3. The summed E-state index contributed by atoms with van der Waals surface area (Å²) >= 11 is 0. The maximum Gasteiger partial charge on any atom is 0.302 e. The van der Waals surface area contributed by atoms with Crippen molar-refractivity contribution < 1.29 is 138 Å². The molecule has 4 aromatic rings. The quantitative estimate of drug-likeness (QED) is 0.0388. The number of fused-ring (bicyclic) bond motifs is 2. The average molecular weight is 1280 g/mol. The van der Waals surface area contributed by atoms with E-state index in [0.717, 1.165) is 96.9 Å². The topological polar surface area (TPSA) is 377 Å². The van der Waals surface area contributed by atoms with Gasteiger partial charge in [-0.2, -0.15) is 0 Å². The van der Waals surface area contributed by atoms with Crippen molar-refractivity contribution in [1.29, 1.82) is 0 Å². The van der Waals surface area contributed by atoms with E-state index in [0.29, 0.717) is 0 Å². The Morgan fingerprint density at radius 3 is 0.429 bits per heavy atom. The van der Waals surface area contributed by atoms with Gasteiger partial charge in [0.25, 0.3) is 0 Å². The van der Waals surface area contributed by atoms with E-state index < -0.39 is 188 Å². The molecule has 91 heavy (non-hydrogen) atoms. The second-order valence-corrected chi connectivity index (χ2v) is 19.9. The molecule has 0 saturated carbocycles. The first-order valence-electron chi connectivity index (χ1n) is 27.6. The lowest BCUT2D eigenvalue weighted by atomic mass is 9.82. The Morgan fingerprint density at radius 2 is 0.275 bits per heavy atom. The fourth-order valence-corrected chi connectivity index (χ4v) is 9.45. The lowest BCUT2D eigenvalue weighted by Crippen LogP contribution is -2.20. The minimum absolute atomic E-state index is 0.0403. The van der Waals surface area contributed by atoms with Gasteiger partial charge >= 0.3 is 83.6 Å². The molecule has 0 radical (unpaired) electrons. The number of esters is 14. The van der Waals surface area contributed by atoms with Crippen molar-refractivity contribution in [3.8, 4) is 11.5 Å². The zero-order chi connectivity index (χ0) is 68.1. The van der Waals surface area contributed by atoms with Gasteiger partial charge in [0.2, 0.25) is 0 Å². The molecule has 0 bridgehead atoms. The molecule has 4 rings (SSSR count). The summed E-state index contributed by atoms with van der Waals surface area (Å²) in [5.74, 6) is -13.7. The highest BCUT2D eigenvalue weighted by Gasteiger charge is 2.36. The molecule has 0 saturated heterocycles. The zero-order valence-corrected chi connectivity index (χ0v) is 52.7. The molecule has 0 aliphatic heterocycles.